The second kappa shape index (κ2) is 48.3. The van der Waals surface area contributed by atoms with Crippen molar-refractivity contribution in [2.24, 2.45) is 0 Å². The fraction of sp³-hybridized carbons (Fsp3) is 0.923. The van der Waals surface area contributed by atoms with Gasteiger partial charge in [0.15, 0.2) is 0 Å². The predicted octanol–water partition coefficient (Wildman–Crippen LogP) is 15.3. The summed E-state index contributed by atoms with van der Waals surface area (Å²) in [5.41, 5.74) is 0. The van der Waals surface area contributed by atoms with E-state index in [1.807, 2.05) is 0 Å². The third-order valence-electron chi connectivity index (χ3n) is 12.1. The quantitative estimate of drug-likeness (QED) is 0.0323. The number of aliphatic hydroxyl groups is 2. The minimum atomic E-state index is -0.671. The molecular formula is C52H101NO5. The molecule has 0 saturated heterocycles. The molecular weight excluding hydrogens is 719 g/mol. The molecule has 6 nitrogen and oxygen atoms in total. The summed E-state index contributed by atoms with van der Waals surface area (Å²) in [5, 5.41) is 23.2. The molecule has 0 aromatic rings. The lowest BCUT2D eigenvalue weighted by atomic mass is 10.0. The van der Waals surface area contributed by atoms with Crippen LogP contribution in [-0.4, -0.2) is 47.4 Å². The molecule has 58 heavy (non-hydrogen) atoms. The molecule has 0 aromatic carbocycles. The zero-order valence-corrected chi connectivity index (χ0v) is 39.0. The lowest BCUT2D eigenvalue weighted by Gasteiger charge is -2.22. The van der Waals surface area contributed by atoms with Crippen LogP contribution in [0.1, 0.15) is 284 Å². The lowest BCUT2D eigenvalue weighted by molar-refractivity contribution is -0.143. The Morgan fingerprint density at radius 2 is 0.810 bits per heavy atom. The van der Waals surface area contributed by atoms with Crippen molar-refractivity contribution in [3.63, 3.8) is 0 Å². The number of nitrogens with one attached hydrogen (secondary N) is 1. The lowest BCUT2D eigenvalue weighted by Crippen LogP contribution is -2.45. The van der Waals surface area contributed by atoms with Crippen molar-refractivity contribution in [1.29, 1.82) is 0 Å². The van der Waals surface area contributed by atoms with Crippen molar-refractivity contribution in [1.82, 2.24) is 5.32 Å². The van der Waals surface area contributed by atoms with E-state index in [0.717, 1.165) is 51.4 Å². The summed E-state index contributed by atoms with van der Waals surface area (Å²) in [4.78, 5) is 24.5. The van der Waals surface area contributed by atoms with Crippen molar-refractivity contribution >= 4 is 11.9 Å². The Hall–Kier alpha value is -1.40. The fourth-order valence-corrected chi connectivity index (χ4v) is 8.05. The standard InChI is InChI=1S/C52H101NO5/c1-3-5-7-9-11-13-15-17-18-19-22-26-30-34-38-42-46-52(57)58-47-43-39-35-31-27-23-20-21-25-29-33-37-41-45-51(56)53-49(48-54)50(55)44-40-36-32-28-24-16-14-12-10-8-6-4-2/h18-19,49-50,54-55H,3-17,20-48H2,1-2H3,(H,53,56)/b19-18-. The number of aliphatic hydroxyl groups excluding tert-OH is 2. The number of hydrogen-bond acceptors (Lipinski definition) is 5. The van der Waals surface area contributed by atoms with Crippen LogP contribution in [-0.2, 0) is 14.3 Å². The number of unbranched alkanes of at least 4 members (excludes halogenated alkanes) is 35. The predicted molar refractivity (Wildman–Crippen MR) is 250 cm³/mol. The molecule has 0 heterocycles. The zero-order chi connectivity index (χ0) is 42.3. The van der Waals surface area contributed by atoms with E-state index in [-0.39, 0.29) is 18.5 Å². The van der Waals surface area contributed by atoms with Gasteiger partial charge in [0, 0.05) is 12.8 Å². The summed E-state index contributed by atoms with van der Waals surface area (Å²) in [6.45, 7) is 4.92. The monoisotopic (exact) mass is 820 g/mol. The summed E-state index contributed by atoms with van der Waals surface area (Å²) in [6.07, 6.45) is 54.6. The Labute approximate surface area is 361 Å². The number of hydrogen-bond donors (Lipinski definition) is 3. The molecule has 0 bridgehead atoms. The first-order valence-electron chi connectivity index (χ1n) is 25.9. The number of amides is 1. The molecule has 0 aromatic heterocycles. The maximum atomic E-state index is 12.4. The Bertz CT molecular complexity index is 863. The summed E-state index contributed by atoms with van der Waals surface area (Å²) < 4.78 is 5.46. The number of esters is 1. The van der Waals surface area contributed by atoms with Gasteiger partial charge >= 0.3 is 5.97 Å². The van der Waals surface area contributed by atoms with Crippen molar-refractivity contribution in [3.8, 4) is 0 Å². The van der Waals surface area contributed by atoms with Gasteiger partial charge in [-0.05, 0) is 51.4 Å². The van der Waals surface area contributed by atoms with Crippen LogP contribution in [0.2, 0.25) is 0 Å². The van der Waals surface area contributed by atoms with Gasteiger partial charge < -0.3 is 20.3 Å². The molecule has 0 aliphatic heterocycles. The highest BCUT2D eigenvalue weighted by molar-refractivity contribution is 5.76. The molecule has 6 heteroatoms. The SMILES string of the molecule is CCCCCCCCC/C=C\CCCCCCCC(=O)OCCCCCCCCCCCCCCCC(=O)NC(CO)C(O)CCCCCCCCCCCCCC. The van der Waals surface area contributed by atoms with Gasteiger partial charge in [-0.3, -0.25) is 9.59 Å². The minimum absolute atomic E-state index is 0.0127. The van der Waals surface area contributed by atoms with Crippen LogP contribution in [0.5, 0.6) is 0 Å². The minimum Gasteiger partial charge on any atom is -0.466 e. The maximum Gasteiger partial charge on any atom is 0.305 e. The van der Waals surface area contributed by atoms with E-state index >= 15 is 0 Å². The first kappa shape index (κ1) is 56.6. The van der Waals surface area contributed by atoms with E-state index < -0.39 is 12.1 Å². The average Bonchev–Trinajstić information content (AvgIpc) is 3.22. The van der Waals surface area contributed by atoms with Gasteiger partial charge in [-0.2, -0.15) is 0 Å². The van der Waals surface area contributed by atoms with E-state index in [4.69, 9.17) is 4.74 Å². The average molecular weight is 820 g/mol. The van der Waals surface area contributed by atoms with Gasteiger partial charge in [-0.1, -0.05) is 231 Å². The normalized spacial score (nSPS) is 12.7. The van der Waals surface area contributed by atoms with E-state index in [9.17, 15) is 19.8 Å². The number of carbonyl (C=O) groups excluding carboxylic acids is 2. The summed E-state index contributed by atoms with van der Waals surface area (Å²) in [7, 11) is 0. The Kier molecular flexibility index (Phi) is 47.1. The number of allylic oxidation sites excluding steroid dienone is 2. The van der Waals surface area contributed by atoms with E-state index in [1.54, 1.807) is 0 Å². The van der Waals surface area contributed by atoms with Gasteiger partial charge in [0.25, 0.3) is 0 Å². The number of ether oxygens (including phenoxy) is 1. The number of rotatable bonds is 48. The van der Waals surface area contributed by atoms with E-state index in [0.29, 0.717) is 25.9 Å². The highest BCUT2D eigenvalue weighted by atomic mass is 16.5. The van der Waals surface area contributed by atoms with Crippen LogP contribution < -0.4 is 5.32 Å². The summed E-state index contributed by atoms with van der Waals surface area (Å²) in [5.74, 6) is -0.0608. The Morgan fingerprint density at radius 3 is 1.22 bits per heavy atom. The second-order valence-electron chi connectivity index (χ2n) is 17.9. The highest BCUT2D eigenvalue weighted by Gasteiger charge is 2.20. The topological polar surface area (TPSA) is 95.9 Å². The maximum absolute atomic E-state index is 12.4. The molecule has 1 amide bonds. The molecule has 0 radical (unpaired) electrons. The summed E-state index contributed by atoms with van der Waals surface area (Å²) in [6, 6.07) is -0.549. The van der Waals surface area contributed by atoms with Crippen LogP contribution in [0.15, 0.2) is 12.2 Å². The van der Waals surface area contributed by atoms with Crippen LogP contribution in [0.25, 0.3) is 0 Å². The third kappa shape index (κ3) is 44.2. The van der Waals surface area contributed by atoms with E-state index in [1.165, 1.54) is 199 Å². The van der Waals surface area contributed by atoms with Crippen LogP contribution >= 0.6 is 0 Å². The van der Waals surface area contributed by atoms with Crippen molar-refractivity contribution in [3.05, 3.63) is 12.2 Å². The van der Waals surface area contributed by atoms with Crippen molar-refractivity contribution < 1.29 is 24.5 Å². The zero-order valence-electron chi connectivity index (χ0n) is 39.0. The smallest absolute Gasteiger partial charge is 0.305 e. The van der Waals surface area contributed by atoms with Crippen LogP contribution in [0, 0.1) is 0 Å². The van der Waals surface area contributed by atoms with Gasteiger partial charge in [0.1, 0.15) is 0 Å². The molecule has 0 aliphatic carbocycles. The first-order chi connectivity index (χ1) is 28.5. The Balaban J connectivity index is 3.43. The van der Waals surface area contributed by atoms with Gasteiger partial charge in [0.05, 0.1) is 25.4 Å². The largest absolute Gasteiger partial charge is 0.466 e. The first-order valence-corrected chi connectivity index (χ1v) is 25.9. The van der Waals surface area contributed by atoms with Crippen molar-refractivity contribution in [2.45, 2.75) is 296 Å². The molecule has 344 valence electrons. The fourth-order valence-electron chi connectivity index (χ4n) is 8.05. The van der Waals surface area contributed by atoms with Crippen LogP contribution in [0.4, 0.5) is 0 Å². The third-order valence-corrected chi connectivity index (χ3v) is 12.1. The van der Waals surface area contributed by atoms with Crippen LogP contribution in [0.3, 0.4) is 0 Å². The molecule has 0 rings (SSSR count). The summed E-state index contributed by atoms with van der Waals surface area (Å²) >= 11 is 0. The molecule has 0 saturated carbocycles. The second-order valence-corrected chi connectivity index (χ2v) is 17.9. The Morgan fingerprint density at radius 1 is 0.466 bits per heavy atom. The van der Waals surface area contributed by atoms with Gasteiger partial charge in [0.2, 0.25) is 5.91 Å². The molecule has 0 spiro atoms. The van der Waals surface area contributed by atoms with Gasteiger partial charge in [-0.15, -0.1) is 0 Å². The molecule has 2 unspecified atom stereocenters. The highest BCUT2D eigenvalue weighted by Crippen LogP contribution is 2.16. The molecule has 3 N–H and O–H groups in total. The number of carbonyl (C=O) groups is 2. The molecule has 0 aliphatic rings. The van der Waals surface area contributed by atoms with E-state index in [2.05, 4.69) is 31.3 Å². The van der Waals surface area contributed by atoms with Crippen molar-refractivity contribution in [2.75, 3.05) is 13.2 Å². The molecule has 0 fully saturated rings. The molecule has 2 atom stereocenters. The van der Waals surface area contributed by atoms with Gasteiger partial charge in [-0.25, -0.2) is 0 Å².